The summed E-state index contributed by atoms with van der Waals surface area (Å²) < 4.78 is 77.8. The van der Waals surface area contributed by atoms with Gasteiger partial charge in [-0.3, -0.25) is 19.4 Å². The maximum absolute atomic E-state index is 15.6. The second-order valence-corrected chi connectivity index (χ2v) is 17.7. The number of alkyl halides is 3. The van der Waals surface area contributed by atoms with Crippen LogP contribution in [-0.2, 0) is 20.2 Å². The van der Waals surface area contributed by atoms with Crippen molar-refractivity contribution in [3.8, 4) is 11.8 Å². The standard InChI is InChI=1S/C39H38F5N3O3Si/c1-26-24-28(39(42,43)44)25-34(45-26)47-33(20-21-35(47)48)37(49)46(32-19-18-31(40)27(2)36(32)41)22-12-13-23-50-51(38(3,4)5,29-14-8-6-9-15-29)30-16-10-7-11-17-30/h6-11,14-19,24-25,33H,20-23H2,1-5H3/t33-/m0/s1. The van der Waals surface area contributed by atoms with Crippen molar-refractivity contribution in [2.75, 3.05) is 23.0 Å². The molecule has 0 spiro atoms. The third-order valence-electron chi connectivity index (χ3n) is 9.01. The molecule has 0 bridgehead atoms. The molecule has 5 rings (SSSR count). The van der Waals surface area contributed by atoms with Crippen LogP contribution in [0, 0.1) is 37.3 Å². The second kappa shape index (κ2) is 14.8. The fraction of sp³-hybridized carbons (Fsp3) is 0.308. The lowest BCUT2D eigenvalue weighted by Crippen LogP contribution is -2.66. The van der Waals surface area contributed by atoms with Crippen molar-refractivity contribution in [3.63, 3.8) is 0 Å². The summed E-state index contributed by atoms with van der Waals surface area (Å²) in [5.74, 6) is 2.30. The van der Waals surface area contributed by atoms with Gasteiger partial charge in [-0.25, -0.2) is 13.8 Å². The lowest BCUT2D eigenvalue weighted by molar-refractivity contribution is -0.137. The molecule has 3 aromatic carbocycles. The minimum atomic E-state index is -4.72. The predicted octanol–water partition coefficient (Wildman–Crippen LogP) is 7.10. The maximum atomic E-state index is 15.6. The number of hydrogen-bond acceptors (Lipinski definition) is 4. The van der Waals surface area contributed by atoms with Crippen molar-refractivity contribution in [3.05, 3.63) is 113 Å². The van der Waals surface area contributed by atoms with E-state index in [0.29, 0.717) is 6.07 Å². The van der Waals surface area contributed by atoms with Gasteiger partial charge in [-0.2, -0.15) is 13.2 Å². The van der Waals surface area contributed by atoms with E-state index in [1.807, 2.05) is 60.7 Å². The molecule has 0 N–H and O–H groups in total. The number of rotatable bonds is 8. The van der Waals surface area contributed by atoms with Crippen LogP contribution in [0.4, 0.5) is 33.5 Å². The number of pyridine rings is 1. The van der Waals surface area contributed by atoms with E-state index in [-0.39, 0.29) is 53.8 Å². The predicted molar refractivity (Wildman–Crippen MR) is 189 cm³/mol. The number of aryl methyl sites for hydroxylation is 1. The molecule has 0 unspecified atom stereocenters. The van der Waals surface area contributed by atoms with Gasteiger partial charge in [0, 0.05) is 17.7 Å². The number of anilines is 2. The number of hydrogen-bond donors (Lipinski definition) is 0. The molecular formula is C39H38F5N3O3Si. The Morgan fingerprint density at radius 3 is 2.12 bits per heavy atom. The summed E-state index contributed by atoms with van der Waals surface area (Å²) in [6, 6.07) is 22.2. The monoisotopic (exact) mass is 719 g/mol. The Morgan fingerprint density at radius 2 is 1.55 bits per heavy atom. The molecule has 1 saturated heterocycles. The van der Waals surface area contributed by atoms with Gasteiger partial charge in [0.05, 0.1) is 24.4 Å². The summed E-state index contributed by atoms with van der Waals surface area (Å²) >= 11 is 0. The van der Waals surface area contributed by atoms with Gasteiger partial charge in [0.2, 0.25) is 5.91 Å². The van der Waals surface area contributed by atoms with E-state index in [0.717, 1.165) is 38.4 Å². The zero-order valence-electron chi connectivity index (χ0n) is 28.9. The Balaban J connectivity index is 1.50. The Labute approximate surface area is 295 Å². The van der Waals surface area contributed by atoms with E-state index in [1.54, 1.807) is 0 Å². The smallest absolute Gasteiger partial charge is 0.396 e. The summed E-state index contributed by atoms with van der Waals surface area (Å²) in [6.45, 7) is 8.50. The number of benzene rings is 3. The molecule has 6 nitrogen and oxygen atoms in total. The summed E-state index contributed by atoms with van der Waals surface area (Å²) in [4.78, 5) is 33.4. The second-order valence-electron chi connectivity index (χ2n) is 13.4. The van der Waals surface area contributed by atoms with Gasteiger partial charge in [0.15, 0.2) is 5.82 Å². The summed E-state index contributed by atoms with van der Waals surface area (Å²) in [7, 11) is -2.95. The van der Waals surface area contributed by atoms with E-state index >= 15 is 4.39 Å². The quantitative estimate of drug-likeness (QED) is 0.111. The van der Waals surface area contributed by atoms with Gasteiger partial charge in [0.1, 0.15) is 17.7 Å². The van der Waals surface area contributed by atoms with Crippen molar-refractivity contribution in [1.29, 1.82) is 0 Å². The highest BCUT2D eigenvalue weighted by Crippen LogP contribution is 2.37. The average Bonchev–Trinajstić information content (AvgIpc) is 3.48. The van der Waals surface area contributed by atoms with Crippen LogP contribution in [0.2, 0.25) is 5.04 Å². The minimum absolute atomic E-state index is 0.00506. The van der Waals surface area contributed by atoms with Gasteiger partial charge in [-0.15, -0.1) is 0 Å². The first kappa shape index (κ1) is 37.4. The first-order valence-electron chi connectivity index (χ1n) is 16.4. The summed E-state index contributed by atoms with van der Waals surface area (Å²) in [5, 5.41) is 1.74. The molecule has 1 aromatic heterocycles. The SMILES string of the molecule is Cc1cc(C(F)(F)F)cc(N2C(=O)CC[C@H]2C(=O)N(CC#CCO[Si](c2ccccc2)(c2ccccc2)C(C)(C)C)c2ccc(F)c(C)c2F)n1. The van der Waals surface area contributed by atoms with Crippen LogP contribution < -0.4 is 20.2 Å². The van der Waals surface area contributed by atoms with Crippen molar-refractivity contribution >= 4 is 42.0 Å². The number of halogens is 5. The molecule has 1 fully saturated rings. The number of amides is 2. The van der Waals surface area contributed by atoms with Crippen LogP contribution in [0.1, 0.15) is 50.4 Å². The molecule has 12 heteroatoms. The molecule has 2 amide bonds. The third-order valence-corrected chi connectivity index (χ3v) is 14.0. The fourth-order valence-electron chi connectivity index (χ4n) is 6.55. The zero-order valence-corrected chi connectivity index (χ0v) is 29.9. The number of nitrogens with zero attached hydrogens (tertiary/aromatic N) is 3. The Morgan fingerprint density at radius 1 is 0.941 bits per heavy atom. The highest BCUT2D eigenvalue weighted by molar-refractivity contribution is 6.99. The Bertz CT molecular complexity index is 1930. The molecule has 4 aromatic rings. The van der Waals surface area contributed by atoms with Crippen molar-refractivity contribution in [2.45, 2.75) is 64.7 Å². The molecule has 51 heavy (non-hydrogen) atoms. The normalized spacial score (nSPS) is 15.1. The molecule has 0 aliphatic carbocycles. The van der Waals surface area contributed by atoms with Gasteiger partial charge in [-0.1, -0.05) is 93.3 Å². The topological polar surface area (TPSA) is 62.7 Å². The first-order chi connectivity index (χ1) is 24.1. The van der Waals surface area contributed by atoms with Crippen molar-refractivity contribution < 1.29 is 36.0 Å². The van der Waals surface area contributed by atoms with Crippen molar-refractivity contribution in [1.82, 2.24) is 4.98 Å². The number of carbonyl (C=O) groups is 2. The number of aromatic nitrogens is 1. The van der Waals surface area contributed by atoms with Crippen LogP contribution >= 0.6 is 0 Å². The van der Waals surface area contributed by atoms with Crippen LogP contribution in [0.25, 0.3) is 0 Å². The molecule has 1 atom stereocenters. The van der Waals surface area contributed by atoms with Gasteiger partial charge < -0.3 is 4.43 Å². The maximum Gasteiger partial charge on any atom is 0.416 e. The highest BCUT2D eigenvalue weighted by atomic mass is 28.4. The van der Waals surface area contributed by atoms with Gasteiger partial charge in [0.25, 0.3) is 14.2 Å². The molecule has 1 aliphatic rings. The van der Waals surface area contributed by atoms with Gasteiger partial charge in [-0.05, 0) is 59.9 Å². The molecule has 2 heterocycles. The van der Waals surface area contributed by atoms with E-state index in [1.165, 1.54) is 13.8 Å². The van der Waals surface area contributed by atoms with Gasteiger partial charge >= 0.3 is 6.18 Å². The largest absolute Gasteiger partial charge is 0.416 e. The van der Waals surface area contributed by atoms with Crippen LogP contribution in [0.3, 0.4) is 0 Å². The third kappa shape index (κ3) is 7.60. The van der Waals surface area contributed by atoms with E-state index in [9.17, 15) is 27.2 Å². The minimum Gasteiger partial charge on any atom is -0.396 e. The Hall–Kier alpha value is -4.86. The first-order valence-corrected chi connectivity index (χ1v) is 18.3. The van der Waals surface area contributed by atoms with Crippen LogP contribution in [-0.4, -0.2) is 44.3 Å². The molecular weight excluding hydrogens is 682 g/mol. The molecule has 1 aliphatic heterocycles. The average molecular weight is 720 g/mol. The molecule has 0 saturated carbocycles. The van der Waals surface area contributed by atoms with E-state index in [2.05, 4.69) is 37.6 Å². The summed E-state index contributed by atoms with van der Waals surface area (Å²) in [5.41, 5.74) is -1.65. The zero-order chi connectivity index (χ0) is 37.1. The number of carbonyl (C=O) groups excluding carboxylic acids is 2. The lowest BCUT2D eigenvalue weighted by atomic mass is 10.1. The molecule has 0 radical (unpaired) electrons. The fourth-order valence-corrected chi connectivity index (χ4v) is 11.0. The summed E-state index contributed by atoms with van der Waals surface area (Å²) in [6.07, 6.45) is -4.93. The van der Waals surface area contributed by atoms with Crippen LogP contribution in [0.5, 0.6) is 0 Å². The van der Waals surface area contributed by atoms with Crippen LogP contribution in [0.15, 0.2) is 84.9 Å². The van der Waals surface area contributed by atoms with E-state index in [4.69, 9.17) is 4.43 Å². The van der Waals surface area contributed by atoms with E-state index < -0.39 is 49.5 Å². The highest BCUT2D eigenvalue weighted by Gasteiger charge is 2.50. The Kier molecular flexibility index (Phi) is 10.8. The lowest BCUT2D eigenvalue weighted by Gasteiger charge is -2.42. The van der Waals surface area contributed by atoms with Crippen molar-refractivity contribution in [2.24, 2.45) is 0 Å². The molecule has 266 valence electrons.